The molecule has 0 aromatic carbocycles. The van der Waals surface area contributed by atoms with Gasteiger partial charge in [-0.3, -0.25) is 9.48 Å². The Morgan fingerprint density at radius 3 is 2.62 bits per heavy atom. The number of rotatable bonds is 4. The van der Waals surface area contributed by atoms with Crippen molar-refractivity contribution in [3.05, 3.63) is 12.4 Å². The number of amides is 2. The first-order chi connectivity index (χ1) is 9.95. The van der Waals surface area contributed by atoms with Gasteiger partial charge in [0, 0.05) is 31.7 Å². The van der Waals surface area contributed by atoms with Crippen LogP contribution < -0.4 is 5.32 Å². The number of carboxylic acid groups (broad SMARTS) is 1. The van der Waals surface area contributed by atoms with Gasteiger partial charge in [0.05, 0.1) is 11.9 Å². The van der Waals surface area contributed by atoms with E-state index in [1.165, 1.54) is 0 Å². The average molecular weight is 294 g/mol. The zero-order valence-electron chi connectivity index (χ0n) is 12.5. The second-order valence-electron chi connectivity index (χ2n) is 5.76. The van der Waals surface area contributed by atoms with Crippen molar-refractivity contribution in [3.63, 3.8) is 0 Å². The second-order valence-corrected chi connectivity index (χ2v) is 5.76. The standard InChI is InChI=1S/C14H22N4O3/c1-10(2)18-9-12(8-15-18)16-14(21)17-5-3-11(4-6-17)7-13(19)20/h8-11H,3-7H2,1-2H3,(H,16,21)(H,19,20). The molecule has 1 saturated heterocycles. The number of carbonyl (C=O) groups is 2. The summed E-state index contributed by atoms with van der Waals surface area (Å²) in [5, 5.41) is 15.8. The summed E-state index contributed by atoms with van der Waals surface area (Å²) in [6.45, 7) is 5.24. The SMILES string of the molecule is CC(C)n1cc(NC(=O)N2CCC(CC(=O)O)CC2)cn1. The Labute approximate surface area is 123 Å². The van der Waals surface area contributed by atoms with Crippen LogP contribution >= 0.6 is 0 Å². The largest absolute Gasteiger partial charge is 0.481 e. The molecule has 0 spiro atoms. The Bertz CT molecular complexity index is 504. The predicted molar refractivity (Wildman–Crippen MR) is 78.2 cm³/mol. The number of anilines is 1. The Kier molecular flexibility index (Phi) is 4.82. The number of nitrogens with one attached hydrogen (secondary N) is 1. The van der Waals surface area contributed by atoms with E-state index in [1.54, 1.807) is 22.0 Å². The summed E-state index contributed by atoms with van der Waals surface area (Å²) in [7, 11) is 0. The molecule has 0 bridgehead atoms. The number of hydrogen-bond donors (Lipinski definition) is 2. The van der Waals surface area contributed by atoms with Gasteiger partial charge in [-0.05, 0) is 32.6 Å². The molecular formula is C14H22N4O3. The Balaban J connectivity index is 1.83. The van der Waals surface area contributed by atoms with E-state index in [2.05, 4.69) is 10.4 Å². The van der Waals surface area contributed by atoms with Gasteiger partial charge in [0.25, 0.3) is 0 Å². The Morgan fingerprint density at radius 1 is 1.43 bits per heavy atom. The van der Waals surface area contributed by atoms with Crippen LogP contribution in [-0.4, -0.2) is 44.9 Å². The minimum absolute atomic E-state index is 0.146. The summed E-state index contributed by atoms with van der Waals surface area (Å²) in [4.78, 5) is 24.5. The highest BCUT2D eigenvalue weighted by Crippen LogP contribution is 2.21. The van der Waals surface area contributed by atoms with Crippen LogP contribution in [0.15, 0.2) is 12.4 Å². The lowest BCUT2D eigenvalue weighted by atomic mass is 9.94. The smallest absolute Gasteiger partial charge is 0.321 e. The molecule has 2 amide bonds. The zero-order valence-corrected chi connectivity index (χ0v) is 12.5. The number of aliphatic carboxylic acids is 1. The van der Waals surface area contributed by atoms with Crippen LogP contribution in [0, 0.1) is 5.92 Å². The van der Waals surface area contributed by atoms with E-state index in [4.69, 9.17) is 5.11 Å². The van der Waals surface area contributed by atoms with Crippen molar-refractivity contribution >= 4 is 17.7 Å². The van der Waals surface area contributed by atoms with E-state index in [9.17, 15) is 9.59 Å². The van der Waals surface area contributed by atoms with Crippen molar-refractivity contribution in [2.24, 2.45) is 5.92 Å². The van der Waals surface area contributed by atoms with Crippen molar-refractivity contribution in [1.82, 2.24) is 14.7 Å². The molecule has 0 atom stereocenters. The number of likely N-dealkylation sites (tertiary alicyclic amines) is 1. The third-order valence-corrected chi connectivity index (χ3v) is 3.75. The fourth-order valence-electron chi connectivity index (χ4n) is 2.47. The summed E-state index contributed by atoms with van der Waals surface area (Å²) in [6.07, 6.45) is 5.11. The third-order valence-electron chi connectivity index (χ3n) is 3.75. The van der Waals surface area contributed by atoms with Crippen molar-refractivity contribution in [2.45, 2.75) is 39.2 Å². The molecule has 1 aromatic heterocycles. The lowest BCUT2D eigenvalue weighted by Crippen LogP contribution is -2.41. The number of hydrogen-bond acceptors (Lipinski definition) is 3. The first-order valence-electron chi connectivity index (χ1n) is 7.27. The van der Waals surface area contributed by atoms with Gasteiger partial charge in [0.1, 0.15) is 0 Å². The summed E-state index contributed by atoms with van der Waals surface area (Å²) in [5.74, 6) is -0.589. The predicted octanol–water partition coefficient (Wildman–Crippen LogP) is 2.18. The first-order valence-corrected chi connectivity index (χ1v) is 7.27. The highest BCUT2D eigenvalue weighted by Gasteiger charge is 2.24. The Morgan fingerprint density at radius 2 is 2.10 bits per heavy atom. The van der Waals surface area contributed by atoms with Crippen LogP contribution in [0.5, 0.6) is 0 Å². The van der Waals surface area contributed by atoms with Gasteiger partial charge in [0.2, 0.25) is 0 Å². The monoisotopic (exact) mass is 294 g/mol. The van der Waals surface area contributed by atoms with Gasteiger partial charge in [-0.25, -0.2) is 4.79 Å². The normalized spacial score (nSPS) is 16.2. The van der Waals surface area contributed by atoms with Crippen LogP contribution in [0.1, 0.15) is 39.2 Å². The maximum absolute atomic E-state index is 12.1. The average Bonchev–Trinajstić information content (AvgIpc) is 2.87. The van der Waals surface area contributed by atoms with E-state index < -0.39 is 5.97 Å². The van der Waals surface area contributed by atoms with Gasteiger partial charge in [0.15, 0.2) is 0 Å². The van der Waals surface area contributed by atoms with Gasteiger partial charge in [-0.2, -0.15) is 5.10 Å². The number of piperidine rings is 1. The van der Waals surface area contributed by atoms with Gasteiger partial charge in [-0.1, -0.05) is 0 Å². The topological polar surface area (TPSA) is 87.5 Å². The molecule has 0 saturated carbocycles. The van der Waals surface area contributed by atoms with E-state index in [-0.39, 0.29) is 24.4 Å². The van der Waals surface area contributed by atoms with Crippen LogP contribution in [0.4, 0.5) is 10.5 Å². The fraction of sp³-hybridized carbons (Fsp3) is 0.643. The van der Waals surface area contributed by atoms with E-state index in [0.717, 1.165) is 12.8 Å². The highest BCUT2D eigenvalue weighted by atomic mass is 16.4. The number of carboxylic acids is 1. The maximum Gasteiger partial charge on any atom is 0.321 e. The summed E-state index contributed by atoms with van der Waals surface area (Å²) in [6, 6.07) is 0.106. The van der Waals surface area contributed by atoms with Crippen molar-refractivity contribution in [1.29, 1.82) is 0 Å². The zero-order chi connectivity index (χ0) is 15.4. The molecule has 21 heavy (non-hydrogen) atoms. The molecule has 1 fully saturated rings. The fourth-order valence-corrected chi connectivity index (χ4v) is 2.47. The third kappa shape index (κ3) is 4.21. The van der Waals surface area contributed by atoms with Crippen molar-refractivity contribution < 1.29 is 14.7 Å². The van der Waals surface area contributed by atoms with Crippen LogP contribution in [-0.2, 0) is 4.79 Å². The van der Waals surface area contributed by atoms with Crippen LogP contribution in [0.25, 0.3) is 0 Å². The van der Waals surface area contributed by atoms with Crippen molar-refractivity contribution in [3.8, 4) is 0 Å². The molecule has 0 radical (unpaired) electrons. The molecule has 1 aliphatic heterocycles. The lowest BCUT2D eigenvalue weighted by molar-refractivity contribution is -0.138. The number of carbonyl (C=O) groups excluding carboxylic acids is 1. The molecule has 2 N–H and O–H groups in total. The second kappa shape index (κ2) is 6.60. The van der Waals surface area contributed by atoms with Crippen LogP contribution in [0.2, 0.25) is 0 Å². The quantitative estimate of drug-likeness (QED) is 0.891. The highest BCUT2D eigenvalue weighted by molar-refractivity contribution is 5.89. The van der Waals surface area contributed by atoms with Crippen molar-refractivity contribution in [2.75, 3.05) is 18.4 Å². The molecular weight excluding hydrogens is 272 g/mol. The summed E-state index contributed by atoms with van der Waals surface area (Å²) in [5.41, 5.74) is 0.682. The molecule has 0 unspecified atom stereocenters. The van der Waals surface area contributed by atoms with E-state index in [0.29, 0.717) is 18.8 Å². The summed E-state index contributed by atoms with van der Waals surface area (Å²) >= 11 is 0. The Hall–Kier alpha value is -2.05. The van der Waals surface area contributed by atoms with Crippen LogP contribution in [0.3, 0.4) is 0 Å². The molecule has 2 heterocycles. The molecule has 1 aliphatic rings. The lowest BCUT2D eigenvalue weighted by Gasteiger charge is -2.31. The maximum atomic E-state index is 12.1. The molecule has 7 heteroatoms. The number of nitrogens with zero attached hydrogens (tertiary/aromatic N) is 3. The van der Waals surface area contributed by atoms with Gasteiger partial charge < -0.3 is 15.3 Å². The van der Waals surface area contributed by atoms with E-state index in [1.807, 2.05) is 13.8 Å². The molecule has 0 aliphatic carbocycles. The first kappa shape index (κ1) is 15.3. The number of urea groups is 1. The molecule has 2 rings (SSSR count). The minimum Gasteiger partial charge on any atom is -0.481 e. The molecule has 1 aromatic rings. The summed E-state index contributed by atoms with van der Waals surface area (Å²) < 4.78 is 1.79. The van der Waals surface area contributed by atoms with E-state index >= 15 is 0 Å². The molecule has 7 nitrogen and oxygen atoms in total. The van der Waals surface area contributed by atoms with Gasteiger partial charge in [-0.15, -0.1) is 0 Å². The molecule has 116 valence electrons. The number of aromatic nitrogens is 2. The van der Waals surface area contributed by atoms with Gasteiger partial charge >= 0.3 is 12.0 Å². The minimum atomic E-state index is -0.765.